The van der Waals surface area contributed by atoms with Crippen molar-refractivity contribution in [2.75, 3.05) is 0 Å². The summed E-state index contributed by atoms with van der Waals surface area (Å²) in [6.07, 6.45) is 0. The van der Waals surface area contributed by atoms with E-state index in [0.717, 1.165) is 0 Å². The SMILES string of the molecule is CC(F)(F)S(=O)(=O)OF. The predicted molar refractivity (Wildman–Crippen MR) is 21.7 cm³/mol. The molecule has 0 saturated carbocycles. The van der Waals surface area contributed by atoms with Crippen molar-refractivity contribution in [2.45, 2.75) is 12.2 Å². The van der Waals surface area contributed by atoms with Gasteiger partial charge in [-0.05, 0) is 4.53 Å². The number of rotatable bonds is 2. The van der Waals surface area contributed by atoms with Crippen LogP contribution in [0.4, 0.5) is 13.3 Å². The zero-order chi connectivity index (χ0) is 7.71. The highest BCUT2D eigenvalue weighted by molar-refractivity contribution is 7.87. The van der Waals surface area contributed by atoms with Crippen LogP contribution in [0, 0.1) is 0 Å². The molecule has 7 heteroatoms. The molecule has 0 atom stereocenters. The molecular formula is C2H3F3O3S. The molecule has 0 amide bonds. The lowest BCUT2D eigenvalue weighted by Crippen LogP contribution is -2.24. The van der Waals surface area contributed by atoms with Gasteiger partial charge < -0.3 is 0 Å². The molecule has 0 radical (unpaired) electrons. The number of hydrogen-bond acceptors (Lipinski definition) is 3. The zero-order valence-corrected chi connectivity index (χ0v) is 5.08. The molecule has 0 fully saturated rings. The van der Waals surface area contributed by atoms with E-state index in [9.17, 15) is 21.7 Å². The van der Waals surface area contributed by atoms with Crippen LogP contribution in [0.2, 0.25) is 0 Å². The summed E-state index contributed by atoms with van der Waals surface area (Å²) < 4.78 is 55.2. The van der Waals surface area contributed by atoms with Crippen molar-refractivity contribution in [2.24, 2.45) is 0 Å². The van der Waals surface area contributed by atoms with Gasteiger partial charge in [-0.1, -0.05) is 4.39 Å². The van der Waals surface area contributed by atoms with Gasteiger partial charge in [0.25, 0.3) is 0 Å². The Morgan fingerprint density at radius 2 is 1.78 bits per heavy atom. The molecule has 0 unspecified atom stereocenters. The minimum atomic E-state index is -5.34. The first-order valence-corrected chi connectivity index (χ1v) is 3.14. The summed E-state index contributed by atoms with van der Waals surface area (Å²) in [5.41, 5.74) is 0. The maximum atomic E-state index is 11.5. The molecule has 0 heterocycles. The molecule has 0 spiro atoms. The highest BCUT2D eigenvalue weighted by atomic mass is 32.2. The summed E-state index contributed by atoms with van der Waals surface area (Å²) in [7, 11) is -5.34. The minimum absolute atomic E-state index is 0.0158. The summed E-state index contributed by atoms with van der Waals surface area (Å²) >= 11 is 0. The van der Waals surface area contributed by atoms with E-state index >= 15 is 0 Å². The molecule has 0 rings (SSSR count). The van der Waals surface area contributed by atoms with Crippen LogP contribution in [0.1, 0.15) is 6.92 Å². The lowest BCUT2D eigenvalue weighted by atomic mass is 10.9. The predicted octanol–water partition coefficient (Wildman–Crippen LogP) is 0.830. The van der Waals surface area contributed by atoms with E-state index in [-0.39, 0.29) is 6.92 Å². The highest BCUT2D eigenvalue weighted by Crippen LogP contribution is 2.21. The molecule has 9 heavy (non-hydrogen) atoms. The van der Waals surface area contributed by atoms with Crippen molar-refractivity contribution in [1.82, 2.24) is 0 Å². The van der Waals surface area contributed by atoms with Crippen molar-refractivity contribution >= 4 is 10.1 Å². The van der Waals surface area contributed by atoms with Crippen LogP contribution in [0.25, 0.3) is 0 Å². The van der Waals surface area contributed by atoms with E-state index in [4.69, 9.17) is 0 Å². The molecule has 0 aromatic carbocycles. The maximum Gasteiger partial charge on any atom is 0.370 e. The molecule has 0 aliphatic rings. The third kappa shape index (κ3) is 1.83. The fourth-order valence-corrected chi connectivity index (χ4v) is 0.166. The molecular weight excluding hydrogens is 161 g/mol. The van der Waals surface area contributed by atoms with Crippen LogP contribution in [-0.2, 0) is 14.5 Å². The van der Waals surface area contributed by atoms with Gasteiger partial charge in [-0.25, -0.2) is 0 Å². The maximum absolute atomic E-state index is 11.5. The summed E-state index contributed by atoms with van der Waals surface area (Å²) in [4.78, 5) is 0. The Bertz CT molecular complexity index is 178. The number of halogens is 3. The van der Waals surface area contributed by atoms with Gasteiger partial charge in [0.15, 0.2) is 0 Å². The van der Waals surface area contributed by atoms with Gasteiger partial charge in [0.2, 0.25) is 0 Å². The van der Waals surface area contributed by atoms with Gasteiger partial charge in [-0.3, -0.25) is 0 Å². The van der Waals surface area contributed by atoms with E-state index in [1.54, 1.807) is 0 Å². The van der Waals surface area contributed by atoms with Gasteiger partial charge in [0, 0.05) is 6.92 Å². The summed E-state index contributed by atoms with van der Waals surface area (Å²) in [6, 6.07) is 0. The second-order valence-corrected chi connectivity index (χ2v) is 3.08. The Labute approximate surface area is 49.4 Å². The minimum Gasteiger partial charge on any atom is -0.190 e. The van der Waals surface area contributed by atoms with Crippen LogP contribution in [-0.4, -0.2) is 13.7 Å². The smallest absolute Gasteiger partial charge is 0.190 e. The average molecular weight is 164 g/mol. The Balaban J connectivity index is 4.57. The molecule has 3 nitrogen and oxygen atoms in total. The van der Waals surface area contributed by atoms with Gasteiger partial charge >= 0.3 is 15.4 Å². The molecule has 0 aliphatic heterocycles. The fourth-order valence-electron chi connectivity index (χ4n) is 0.0553. The standard InChI is InChI=1S/C2H3F3O3S/c1-2(3,4)9(6,7)8-5/h1H3. The lowest BCUT2D eigenvalue weighted by Gasteiger charge is -2.04. The van der Waals surface area contributed by atoms with Crippen molar-refractivity contribution in [3.63, 3.8) is 0 Å². The molecule has 0 aliphatic carbocycles. The van der Waals surface area contributed by atoms with Crippen LogP contribution < -0.4 is 0 Å². The third-order valence-corrected chi connectivity index (χ3v) is 1.57. The molecule has 0 aromatic rings. The lowest BCUT2D eigenvalue weighted by molar-refractivity contribution is -0.0231. The second-order valence-electron chi connectivity index (χ2n) is 1.32. The molecule has 56 valence electrons. The largest absolute Gasteiger partial charge is 0.370 e. The first-order valence-electron chi connectivity index (χ1n) is 1.74. The second kappa shape index (κ2) is 2.14. The van der Waals surface area contributed by atoms with E-state index in [2.05, 4.69) is 0 Å². The quantitative estimate of drug-likeness (QED) is 0.607. The van der Waals surface area contributed by atoms with Crippen LogP contribution in [0.15, 0.2) is 0 Å². The average Bonchev–Trinajstić information content (AvgIpc) is 1.64. The van der Waals surface area contributed by atoms with Gasteiger partial charge in [0.05, 0.1) is 0 Å². The van der Waals surface area contributed by atoms with Gasteiger partial charge in [0.1, 0.15) is 0 Å². The van der Waals surface area contributed by atoms with Crippen molar-refractivity contribution in [3.05, 3.63) is 0 Å². The first-order chi connectivity index (χ1) is 3.81. The van der Waals surface area contributed by atoms with Crippen LogP contribution >= 0.6 is 0 Å². The van der Waals surface area contributed by atoms with E-state index in [1.807, 2.05) is 4.39 Å². The van der Waals surface area contributed by atoms with Gasteiger partial charge in [-0.2, -0.15) is 17.2 Å². The Morgan fingerprint density at radius 1 is 1.44 bits per heavy atom. The molecule has 0 bridgehead atoms. The van der Waals surface area contributed by atoms with Crippen LogP contribution in [0.3, 0.4) is 0 Å². The van der Waals surface area contributed by atoms with Crippen molar-refractivity contribution in [1.29, 1.82) is 0 Å². The molecule has 0 N–H and O–H groups in total. The highest BCUT2D eigenvalue weighted by Gasteiger charge is 2.41. The normalized spacial score (nSPS) is 13.8. The summed E-state index contributed by atoms with van der Waals surface area (Å²) in [5.74, 6) is 0. The number of hydrogen-bond donors (Lipinski definition) is 0. The summed E-state index contributed by atoms with van der Waals surface area (Å²) in [5, 5.41) is -4.18. The topological polar surface area (TPSA) is 43.4 Å². The molecule has 0 aromatic heterocycles. The van der Waals surface area contributed by atoms with E-state index < -0.39 is 15.4 Å². The van der Waals surface area contributed by atoms with Crippen molar-refractivity contribution in [3.8, 4) is 0 Å². The first kappa shape index (κ1) is 8.70. The fraction of sp³-hybridized carbons (Fsp3) is 1.00. The Kier molecular flexibility index (Phi) is 2.07. The molecule has 0 saturated heterocycles. The number of alkyl halides is 2. The Hall–Kier alpha value is -0.300. The zero-order valence-electron chi connectivity index (χ0n) is 4.27. The third-order valence-electron chi connectivity index (χ3n) is 0.522. The summed E-state index contributed by atoms with van der Waals surface area (Å²) in [6.45, 7) is 0.0158. The van der Waals surface area contributed by atoms with E-state index in [0.29, 0.717) is 0 Å². The van der Waals surface area contributed by atoms with Crippen molar-refractivity contribution < 1.29 is 26.1 Å². The van der Waals surface area contributed by atoms with Gasteiger partial charge in [-0.15, -0.1) is 0 Å². The van der Waals surface area contributed by atoms with Crippen LogP contribution in [0.5, 0.6) is 0 Å². The van der Waals surface area contributed by atoms with E-state index in [1.165, 1.54) is 0 Å². The monoisotopic (exact) mass is 164 g/mol. The Morgan fingerprint density at radius 3 is 1.78 bits per heavy atom.